The molecule has 24 heavy (non-hydrogen) atoms. The number of nitrogens with zero attached hydrogens (tertiary/aromatic N) is 4. The average Bonchev–Trinajstić information content (AvgIpc) is 2.94. The smallest absolute Gasteiger partial charge is 0.417 e. The molecule has 1 aliphatic heterocycles. The van der Waals surface area contributed by atoms with E-state index >= 15 is 0 Å². The molecule has 3 rings (SSSR count). The lowest BCUT2D eigenvalue weighted by Crippen LogP contribution is -2.38. The van der Waals surface area contributed by atoms with Crippen molar-refractivity contribution in [1.29, 1.82) is 0 Å². The Morgan fingerprint density at radius 3 is 2.54 bits per heavy atom. The van der Waals surface area contributed by atoms with E-state index in [4.69, 9.17) is 4.74 Å². The highest BCUT2D eigenvalue weighted by Gasteiger charge is 2.31. The second-order valence-corrected chi connectivity index (χ2v) is 5.77. The van der Waals surface area contributed by atoms with E-state index in [1.54, 1.807) is 0 Å². The number of likely N-dealkylation sites (tertiary alicyclic amines) is 1. The Hall–Kier alpha value is -2.16. The highest BCUT2D eigenvalue weighted by Crippen LogP contribution is 2.29. The molecule has 0 N–H and O–H groups in total. The standard InChI is InChI=1S/C15H17F3N4O2/c1-10-13(21-24-20-10)9-22-6-4-12(5-7-22)23-14-3-2-11(8-19-14)15(16,17)18/h2-3,8,12H,4-7,9H2,1H3. The lowest BCUT2D eigenvalue weighted by molar-refractivity contribution is -0.137. The SMILES string of the molecule is Cc1nonc1CN1CCC(Oc2ccc(C(F)(F)F)cn2)CC1. The highest BCUT2D eigenvalue weighted by atomic mass is 19.4. The van der Waals surface area contributed by atoms with Gasteiger partial charge in [0.1, 0.15) is 17.5 Å². The molecule has 0 unspecified atom stereocenters. The Balaban J connectivity index is 1.49. The zero-order valence-corrected chi connectivity index (χ0v) is 13.1. The Kier molecular flexibility index (Phi) is 4.70. The molecule has 0 saturated carbocycles. The van der Waals surface area contributed by atoms with Crippen LogP contribution in [0.3, 0.4) is 0 Å². The van der Waals surface area contributed by atoms with Crippen molar-refractivity contribution in [3.8, 4) is 5.88 Å². The van der Waals surface area contributed by atoms with Gasteiger partial charge in [0, 0.05) is 31.9 Å². The number of alkyl halides is 3. The van der Waals surface area contributed by atoms with Crippen molar-refractivity contribution in [1.82, 2.24) is 20.2 Å². The van der Waals surface area contributed by atoms with Gasteiger partial charge in [-0.2, -0.15) is 13.2 Å². The summed E-state index contributed by atoms with van der Waals surface area (Å²) in [5, 5.41) is 7.62. The molecule has 0 amide bonds. The zero-order chi connectivity index (χ0) is 17.2. The predicted octanol–water partition coefficient (Wildman–Crippen LogP) is 2.84. The van der Waals surface area contributed by atoms with Gasteiger partial charge < -0.3 is 4.74 Å². The zero-order valence-electron chi connectivity index (χ0n) is 13.1. The molecule has 3 heterocycles. The van der Waals surface area contributed by atoms with Gasteiger partial charge in [0.2, 0.25) is 5.88 Å². The van der Waals surface area contributed by atoms with Crippen molar-refractivity contribution in [2.24, 2.45) is 0 Å². The molecule has 0 atom stereocenters. The topological polar surface area (TPSA) is 64.3 Å². The fraction of sp³-hybridized carbons (Fsp3) is 0.533. The van der Waals surface area contributed by atoms with Gasteiger partial charge in [-0.3, -0.25) is 4.90 Å². The van der Waals surface area contributed by atoms with E-state index in [0.29, 0.717) is 6.54 Å². The molecule has 0 radical (unpaired) electrons. The van der Waals surface area contributed by atoms with E-state index in [0.717, 1.165) is 49.6 Å². The molecule has 9 heteroatoms. The van der Waals surface area contributed by atoms with E-state index in [1.807, 2.05) is 6.92 Å². The Morgan fingerprint density at radius 1 is 1.25 bits per heavy atom. The summed E-state index contributed by atoms with van der Waals surface area (Å²) in [5.74, 6) is 0.220. The van der Waals surface area contributed by atoms with Crippen LogP contribution in [0.1, 0.15) is 29.8 Å². The monoisotopic (exact) mass is 342 g/mol. The van der Waals surface area contributed by atoms with Gasteiger partial charge >= 0.3 is 6.18 Å². The number of hydrogen-bond donors (Lipinski definition) is 0. The molecule has 1 aliphatic rings. The van der Waals surface area contributed by atoms with E-state index in [9.17, 15) is 13.2 Å². The second kappa shape index (κ2) is 6.76. The highest BCUT2D eigenvalue weighted by molar-refractivity contribution is 5.20. The number of rotatable bonds is 4. The van der Waals surface area contributed by atoms with Crippen LogP contribution in [-0.4, -0.2) is 39.4 Å². The summed E-state index contributed by atoms with van der Waals surface area (Å²) in [6.45, 7) is 4.12. The Morgan fingerprint density at radius 2 is 2.00 bits per heavy atom. The van der Waals surface area contributed by atoms with E-state index in [2.05, 4.69) is 24.8 Å². The number of aryl methyl sites for hydroxylation is 1. The van der Waals surface area contributed by atoms with Crippen molar-refractivity contribution >= 4 is 0 Å². The third-order valence-corrected chi connectivity index (χ3v) is 4.01. The van der Waals surface area contributed by atoms with Crippen LogP contribution in [0.5, 0.6) is 5.88 Å². The summed E-state index contributed by atoms with van der Waals surface area (Å²) in [6.07, 6.45) is -2.10. The predicted molar refractivity (Wildman–Crippen MR) is 77.2 cm³/mol. The average molecular weight is 342 g/mol. The van der Waals surface area contributed by atoms with Crippen molar-refractivity contribution in [3.05, 3.63) is 35.3 Å². The number of halogens is 3. The van der Waals surface area contributed by atoms with Crippen molar-refractivity contribution in [2.45, 2.75) is 38.6 Å². The molecule has 0 bridgehead atoms. The number of hydrogen-bond acceptors (Lipinski definition) is 6. The number of ether oxygens (including phenoxy) is 1. The van der Waals surface area contributed by atoms with Crippen LogP contribution < -0.4 is 4.74 Å². The van der Waals surface area contributed by atoms with Crippen LogP contribution >= 0.6 is 0 Å². The molecule has 2 aromatic heterocycles. The van der Waals surface area contributed by atoms with Gasteiger partial charge in [-0.05, 0) is 25.8 Å². The molecule has 1 fully saturated rings. The van der Waals surface area contributed by atoms with Gasteiger partial charge in [0.15, 0.2) is 0 Å². The van der Waals surface area contributed by atoms with Crippen molar-refractivity contribution in [2.75, 3.05) is 13.1 Å². The maximum atomic E-state index is 12.5. The van der Waals surface area contributed by atoms with Crippen molar-refractivity contribution < 1.29 is 22.5 Å². The molecule has 2 aromatic rings. The molecule has 0 spiro atoms. The number of piperidine rings is 1. The first-order valence-corrected chi connectivity index (χ1v) is 7.62. The summed E-state index contributed by atoms with van der Waals surface area (Å²) < 4.78 is 47.9. The van der Waals surface area contributed by atoms with Crippen LogP contribution in [0.4, 0.5) is 13.2 Å². The maximum absolute atomic E-state index is 12.5. The molecular formula is C15H17F3N4O2. The Labute approximate surface area is 136 Å². The summed E-state index contributed by atoms with van der Waals surface area (Å²) in [7, 11) is 0. The fourth-order valence-corrected chi connectivity index (χ4v) is 2.58. The van der Waals surface area contributed by atoms with Crippen LogP contribution in [0.15, 0.2) is 23.0 Å². The third kappa shape index (κ3) is 4.02. The minimum atomic E-state index is -4.38. The molecule has 6 nitrogen and oxygen atoms in total. The van der Waals surface area contributed by atoms with Crippen LogP contribution in [-0.2, 0) is 12.7 Å². The summed E-state index contributed by atoms with van der Waals surface area (Å²) in [4.78, 5) is 5.96. The minimum absolute atomic E-state index is 0.0537. The number of pyridine rings is 1. The normalized spacial score (nSPS) is 17.2. The van der Waals surface area contributed by atoms with Crippen LogP contribution in [0.25, 0.3) is 0 Å². The largest absolute Gasteiger partial charge is 0.474 e. The van der Waals surface area contributed by atoms with Gasteiger partial charge in [-0.15, -0.1) is 0 Å². The summed E-state index contributed by atoms with van der Waals surface area (Å²) in [5.41, 5.74) is 0.822. The second-order valence-electron chi connectivity index (χ2n) is 5.77. The lowest BCUT2D eigenvalue weighted by atomic mass is 10.1. The van der Waals surface area contributed by atoms with Crippen LogP contribution in [0, 0.1) is 6.92 Å². The molecule has 0 aromatic carbocycles. The molecule has 130 valence electrons. The maximum Gasteiger partial charge on any atom is 0.417 e. The molecule has 0 aliphatic carbocycles. The molecular weight excluding hydrogens is 325 g/mol. The molecule has 1 saturated heterocycles. The van der Waals surface area contributed by atoms with Gasteiger partial charge in [0.05, 0.1) is 5.56 Å². The lowest BCUT2D eigenvalue weighted by Gasteiger charge is -2.31. The summed E-state index contributed by atoms with van der Waals surface area (Å²) in [6, 6.07) is 2.25. The van der Waals surface area contributed by atoms with Gasteiger partial charge in [-0.1, -0.05) is 10.3 Å². The van der Waals surface area contributed by atoms with Gasteiger partial charge in [0.25, 0.3) is 0 Å². The van der Waals surface area contributed by atoms with Crippen LogP contribution in [0.2, 0.25) is 0 Å². The van der Waals surface area contributed by atoms with E-state index < -0.39 is 11.7 Å². The first-order valence-electron chi connectivity index (χ1n) is 7.62. The minimum Gasteiger partial charge on any atom is -0.474 e. The summed E-state index contributed by atoms with van der Waals surface area (Å²) >= 11 is 0. The first-order chi connectivity index (χ1) is 11.4. The third-order valence-electron chi connectivity index (χ3n) is 4.01. The Bertz CT molecular complexity index is 664. The quantitative estimate of drug-likeness (QED) is 0.851. The van der Waals surface area contributed by atoms with Gasteiger partial charge in [-0.25, -0.2) is 9.61 Å². The van der Waals surface area contributed by atoms with E-state index in [-0.39, 0.29) is 12.0 Å². The first kappa shape index (κ1) is 16.7. The van der Waals surface area contributed by atoms with Crippen molar-refractivity contribution in [3.63, 3.8) is 0 Å². The van der Waals surface area contributed by atoms with E-state index in [1.165, 1.54) is 6.07 Å². The number of aromatic nitrogens is 3. The fourth-order valence-electron chi connectivity index (χ4n) is 2.58.